The average Bonchev–Trinajstić information content (AvgIpc) is 2.64. The van der Waals surface area contributed by atoms with E-state index in [1.165, 1.54) is 37.1 Å². The Morgan fingerprint density at radius 1 is 1.47 bits per heavy atom. The molecule has 2 nitrogen and oxygen atoms in total. The SMILES string of the molecule is ClCC1CCCCCN1Cc1cncs1. The molecule has 1 aliphatic heterocycles. The number of rotatable bonds is 3. The van der Waals surface area contributed by atoms with Crippen molar-refractivity contribution in [3.63, 3.8) is 0 Å². The molecule has 0 radical (unpaired) electrons. The smallest absolute Gasteiger partial charge is 0.0794 e. The van der Waals surface area contributed by atoms with Crippen molar-refractivity contribution in [1.29, 1.82) is 0 Å². The van der Waals surface area contributed by atoms with Crippen LogP contribution in [-0.2, 0) is 6.54 Å². The topological polar surface area (TPSA) is 16.1 Å². The highest BCUT2D eigenvalue weighted by Crippen LogP contribution is 2.21. The predicted molar refractivity (Wildman–Crippen MR) is 65.5 cm³/mol. The molecule has 2 rings (SSSR count). The Kier molecular flexibility index (Phi) is 4.42. The van der Waals surface area contributed by atoms with Crippen molar-refractivity contribution < 1.29 is 0 Å². The summed E-state index contributed by atoms with van der Waals surface area (Å²) in [7, 11) is 0. The zero-order valence-electron chi connectivity index (χ0n) is 8.86. The van der Waals surface area contributed by atoms with Gasteiger partial charge in [-0.2, -0.15) is 0 Å². The summed E-state index contributed by atoms with van der Waals surface area (Å²) in [5.74, 6) is 0.763. The number of likely N-dealkylation sites (tertiary alicyclic amines) is 1. The molecule has 1 aromatic rings. The molecule has 0 aliphatic carbocycles. The number of hydrogen-bond acceptors (Lipinski definition) is 3. The summed E-state index contributed by atoms with van der Waals surface area (Å²) in [5, 5.41) is 0. The summed E-state index contributed by atoms with van der Waals surface area (Å²) in [4.78, 5) is 8.00. The minimum absolute atomic E-state index is 0.566. The van der Waals surface area contributed by atoms with Crippen LogP contribution in [-0.4, -0.2) is 28.4 Å². The summed E-state index contributed by atoms with van der Waals surface area (Å²) in [6, 6.07) is 0.566. The van der Waals surface area contributed by atoms with E-state index in [9.17, 15) is 0 Å². The van der Waals surface area contributed by atoms with E-state index in [4.69, 9.17) is 11.6 Å². The third kappa shape index (κ3) is 3.16. The molecule has 0 N–H and O–H groups in total. The van der Waals surface area contributed by atoms with Gasteiger partial charge < -0.3 is 0 Å². The molecule has 1 aromatic heterocycles. The van der Waals surface area contributed by atoms with Gasteiger partial charge in [-0.25, -0.2) is 0 Å². The Morgan fingerprint density at radius 3 is 3.13 bits per heavy atom. The monoisotopic (exact) mass is 244 g/mol. The Balaban J connectivity index is 1.97. The van der Waals surface area contributed by atoms with Gasteiger partial charge in [0.2, 0.25) is 0 Å². The van der Waals surface area contributed by atoms with E-state index >= 15 is 0 Å². The van der Waals surface area contributed by atoms with Gasteiger partial charge in [0.05, 0.1) is 5.51 Å². The van der Waals surface area contributed by atoms with E-state index in [-0.39, 0.29) is 0 Å². The summed E-state index contributed by atoms with van der Waals surface area (Å²) < 4.78 is 0. The first-order valence-electron chi connectivity index (χ1n) is 5.57. The number of aromatic nitrogens is 1. The maximum atomic E-state index is 6.03. The van der Waals surface area contributed by atoms with Gasteiger partial charge >= 0.3 is 0 Å². The van der Waals surface area contributed by atoms with Gasteiger partial charge in [0.15, 0.2) is 0 Å². The molecule has 84 valence electrons. The number of nitrogens with zero attached hydrogens (tertiary/aromatic N) is 2. The molecule has 2 heterocycles. The fraction of sp³-hybridized carbons (Fsp3) is 0.727. The minimum atomic E-state index is 0.566. The van der Waals surface area contributed by atoms with Gasteiger partial charge in [0, 0.05) is 29.5 Å². The largest absolute Gasteiger partial charge is 0.294 e. The first-order valence-corrected chi connectivity index (χ1v) is 6.99. The van der Waals surface area contributed by atoms with Crippen LogP contribution in [0.5, 0.6) is 0 Å². The van der Waals surface area contributed by atoms with Crippen LogP contribution < -0.4 is 0 Å². The lowest BCUT2D eigenvalue weighted by Gasteiger charge is -2.27. The summed E-state index contributed by atoms with van der Waals surface area (Å²) >= 11 is 7.77. The zero-order chi connectivity index (χ0) is 10.5. The lowest BCUT2D eigenvalue weighted by atomic mass is 10.1. The Labute approximate surface area is 100 Å². The lowest BCUT2D eigenvalue weighted by Crippen LogP contribution is -2.35. The van der Waals surface area contributed by atoms with Crippen LogP contribution in [0.15, 0.2) is 11.7 Å². The quantitative estimate of drug-likeness (QED) is 0.760. The standard InChI is InChI=1S/C11H17ClN2S/c12-6-10-4-2-1-3-5-14(10)8-11-7-13-9-15-11/h7,9-10H,1-6,8H2. The second kappa shape index (κ2) is 5.83. The van der Waals surface area contributed by atoms with E-state index in [0.29, 0.717) is 6.04 Å². The van der Waals surface area contributed by atoms with Crippen molar-refractivity contribution >= 4 is 22.9 Å². The molecule has 1 saturated heterocycles. The molecule has 0 spiro atoms. The van der Waals surface area contributed by atoms with Gasteiger partial charge in [-0.3, -0.25) is 9.88 Å². The molecule has 0 saturated carbocycles. The van der Waals surface area contributed by atoms with Crippen molar-refractivity contribution in [2.24, 2.45) is 0 Å². The van der Waals surface area contributed by atoms with Crippen LogP contribution in [0.1, 0.15) is 30.6 Å². The molecule has 1 fully saturated rings. The van der Waals surface area contributed by atoms with Crippen molar-refractivity contribution in [3.05, 3.63) is 16.6 Å². The molecule has 0 bridgehead atoms. The fourth-order valence-corrected chi connectivity index (χ4v) is 3.11. The Bertz CT molecular complexity index is 276. The highest BCUT2D eigenvalue weighted by molar-refractivity contribution is 7.09. The minimum Gasteiger partial charge on any atom is -0.294 e. The van der Waals surface area contributed by atoms with Crippen LogP contribution in [0.2, 0.25) is 0 Å². The molecular formula is C11H17ClN2S. The van der Waals surface area contributed by atoms with Gasteiger partial charge in [0.25, 0.3) is 0 Å². The third-order valence-corrected chi connectivity index (χ3v) is 4.14. The maximum absolute atomic E-state index is 6.03. The number of alkyl halides is 1. The highest BCUT2D eigenvalue weighted by Gasteiger charge is 2.20. The van der Waals surface area contributed by atoms with Crippen molar-refractivity contribution in [2.75, 3.05) is 12.4 Å². The normalized spacial score (nSPS) is 23.9. The molecule has 1 aliphatic rings. The van der Waals surface area contributed by atoms with E-state index in [0.717, 1.165) is 12.4 Å². The van der Waals surface area contributed by atoms with E-state index in [1.807, 2.05) is 11.7 Å². The van der Waals surface area contributed by atoms with Crippen LogP contribution in [0.3, 0.4) is 0 Å². The molecule has 1 atom stereocenters. The molecule has 0 aromatic carbocycles. The molecular weight excluding hydrogens is 228 g/mol. The molecule has 0 amide bonds. The van der Waals surface area contributed by atoms with Crippen molar-refractivity contribution in [1.82, 2.24) is 9.88 Å². The zero-order valence-corrected chi connectivity index (χ0v) is 10.4. The average molecular weight is 245 g/mol. The van der Waals surface area contributed by atoms with Gasteiger partial charge in [-0.15, -0.1) is 22.9 Å². The first kappa shape index (κ1) is 11.4. The van der Waals surface area contributed by atoms with Gasteiger partial charge in [-0.1, -0.05) is 12.8 Å². The number of hydrogen-bond donors (Lipinski definition) is 0. The van der Waals surface area contributed by atoms with Crippen LogP contribution >= 0.6 is 22.9 Å². The van der Waals surface area contributed by atoms with Crippen molar-refractivity contribution in [2.45, 2.75) is 38.3 Å². The number of thiazole rings is 1. The second-order valence-electron chi connectivity index (χ2n) is 4.10. The third-order valence-electron chi connectivity index (χ3n) is 3.02. The molecule has 15 heavy (non-hydrogen) atoms. The van der Waals surface area contributed by atoms with Crippen LogP contribution in [0.4, 0.5) is 0 Å². The van der Waals surface area contributed by atoms with Gasteiger partial charge in [0.1, 0.15) is 0 Å². The lowest BCUT2D eigenvalue weighted by molar-refractivity contribution is 0.209. The summed E-state index contributed by atoms with van der Waals surface area (Å²) in [6.45, 7) is 2.22. The summed E-state index contributed by atoms with van der Waals surface area (Å²) in [6.07, 6.45) is 7.22. The Morgan fingerprint density at radius 2 is 2.40 bits per heavy atom. The predicted octanol–water partition coefficient (Wildman–Crippen LogP) is 3.13. The van der Waals surface area contributed by atoms with E-state index < -0.39 is 0 Å². The Hall–Kier alpha value is -0.120. The second-order valence-corrected chi connectivity index (χ2v) is 5.38. The molecule has 1 unspecified atom stereocenters. The van der Waals surface area contributed by atoms with E-state index in [1.54, 1.807) is 11.3 Å². The number of halogens is 1. The van der Waals surface area contributed by atoms with Crippen LogP contribution in [0, 0.1) is 0 Å². The van der Waals surface area contributed by atoms with E-state index in [2.05, 4.69) is 9.88 Å². The maximum Gasteiger partial charge on any atom is 0.0794 e. The fourth-order valence-electron chi connectivity index (χ4n) is 2.14. The summed E-state index contributed by atoms with van der Waals surface area (Å²) in [5.41, 5.74) is 1.91. The first-order chi connectivity index (χ1) is 7.40. The molecule has 4 heteroatoms. The highest BCUT2D eigenvalue weighted by atomic mass is 35.5. The van der Waals surface area contributed by atoms with Crippen molar-refractivity contribution in [3.8, 4) is 0 Å². The van der Waals surface area contributed by atoms with Gasteiger partial charge in [-0.05, 0) is 19.4 Å². The van der Waals surface area contributed by atoms with Crippen LogP contribution in [0.25, 0.3) is 0 Å².